The quantitative estimate of drug-likeness (QED) is 0.876. The Morgan fingerprint density at radius 3 is 2.53 bits per heavy atom. The Kier molecular flexibility index (Phi) is 3.25. The molecule has 98 valence electrons. The second-order valence-corrected chi connectivity index (χ2v) is 5.90. The first kappa shape index (κ1) is 12.2. The molecule has 19 heavy (non-hydrogen) atoms. The zero-order valence-corrected chi connectivity index (χ0v) is 11.3. The third-order valence-electron chi connectivity index (χ3n) is 3.43. The average molecular weight is 272 g/mol. The van der Waals surface area contributed by atoms with E-state index in [4.69, 9.17) is 5.73 Å². The van der Waals surface area contributed by atoms with Crippen molar-refractivity contribution in [2.24, 2.45) is 11.7 Å². The maximum atomic E-state index is 11.0. The summed E-state index contributed by atoms with van der Waals surface area (Å²) in [6.07, 6.45) is 2.57. The largest absolute Gasteiger partial charge is 0.377 e. The number of amides is 1. The molecule has 0 aliphatic heterocycles. The Hall–Kier alpha value is -1.81. The van der Waals surface area contributed by atoms with Gasteiger partial charge in [0.1, 0.15) is 0 Å². The topological polar surface area (TPSA) is 55.1 Å². The second-order valence-electron chi connectivity index (χ2n) is 4.92. The number of carbonyl (C=O) groups excluding carboxylic acids is 1. The Morgan fingerprint density at radius 1 is 1.26 bits per heavy atom. The molecule has 3 rings (SSSR count). The predicted molar refractivity (Wildman–Crippen MR) is 78.4 cm³/mol. The minimum Gasteiger partial charge on any atom is -0.377 e. The van der Waals surface area contributed by atoms with Crippen LogP contribution >= 0.6 is 11.3 Å². The monoisotopic (exact) mass is 272 g/mol. The van der Waals surface area contributed by atoms with Gasteiger partial charge in [-0.1, -0.05) is 6.07 Å². The van der Waals surface area contributed by atoms with Crippen molar-refractivity contribution in [2.45, 2.75) is 18.9 Å². The predicted octanol–water partition coefficient (Wildman–Crippen LogP) is 3.41. The Bertz CT molecular complexity index is 558. The van der Waals surface area contributed by atoms with Gasteiger partial charge in [0.25, 0.3) is 0 Å². The van der Waals surface area contributed by atoms with Crippen LogP contribution in [-0.2, 0) is 0 Å². The number of nitrogens with one attached hydrogen (secondary N) is 1. The molecule has 0 bridgehead atoms. The summed E-state index contributed by atoms with van der Waals surface area (Å²) in [6, 6.07) is 12.0. The number of rotatable bonds is 5. The standard InChI is InChI=1S/C15H16N2OS/c16-15(18)11-5-7-12(8-6-11)17-14(10-3-4-10)13-2-1-9-19-13/h1-2,5-10,14,17H,3-4H2,(H2,16,18). The van der Waals surface area contributed by atoms with Crippen molar-refractivity contribution in [3.63, 3.8) is 0 Å². The summed E-state index contributed by atoms with van der Waals surface area (Å²) < 4.78 is 0. The summed E-state index contributed by atoms with van der Waals surface area (Å²) in [5.41, 5.74) is 6.83. The van der Waals surface area contributed by atoms with Crippen molar-refractivity contribution in [1.29, 1.82) is 0 Å². The molecule has 1 amide bonds. The van der Waals surface area contributed by atoms with Crippen LogP contribution in [0.4, 0.5) is 5.69 Å². The highest BCUT2D eigenvalue weighted by Gasteiger charge is 2.32. The van der Waals surface area contributed by atoms with E-state index in [1.807, 2.05) is 12.1 Å². The van der Waals surface area contributed by atoms with Crippen LogP contribution in [0, 0.1) is 5.92 Å². The molecule has 1 heterocycles. The average Bonchev–Trinajstić information content (AvgIpc) is 3.11. The van der Waals surface area contributed by atoms with E-state index in [0.717, 1.165) is 11.6 Å². The van der Waals surface area contributed by atoms with E-state index in [2.05, 4.69) is 22.8 Å². The summed E-state index contributed by atoms with van der Waals surface area (Å²) in [5.74, 6) is 0.345. The molecule has 0 spiro atoms. The molecule has 1 fully saturated rings. The van der Waals surface area contributed by atoms with E-state index >= 15 is 0 Å². The number of hydrogen-bond donors (Lipinski definition) is 2. The molecule has 1 atom stereocenters. The number of carbonyl (C=O) groups is 1. The fourth-order valence-corrected chi connectivity index (χ4v) is 3.10. The molecule has 0 saturated heterocycles. The van der Waals surface area contributed by atoms with Gasteiger partial charge in [-0.2, -0.15) is 0 Å². The molecule has 2 aromatic rings. The fourth-order valence-electron chi connectivity index (χ4n) is 2.23. The molecule has 1 saturated carbocycles. The lowest BCUT2D eigenvalue weighted by Gasteiger charge is -2.18. The smallest absolute Gasteiger partial charge is 0.248 e. The number of hydrogen-bond acceptors (Lipinski definition) is 3. The summed E-state index contributed by atoms with van der Waals surface area (Å²) in [6.45, 7) is 0. The third-order valence-corrected chi connectivity index (χ3v) is 4.39. The van der Waals surface area contributed by atoms with Crippen molar-refractivity contribution in [3.8, 4) is 0 Å². The van der Waals surface area contributed by atoms with Crippen molar-refractivity contribution >= 4 is 22.9 Å². The summed E-state index contributed by atoms with van der Waals surface area (Å²) in [4.78, 5) is 12.4. The van der Waals surface area contributed by atoms with Crippen LogP contribution in [0.1, 0.15) is 34.1 Å². The van der Waals surface area contributed by atoms with E-state index in [1.165, 1.54) is 17.7 Å². The van der Waals surface area contributed by atoms with Crippen LogP contribution in [0.3, 0.4) is 0 Å². The lowest BCUT2D eigenvalue weighted by atomic mass is 10.1. The Balaban J connectivity index is 1.77. The zero-order valence-electron chi connectivity index (χ0n) is 10.5. The number of thiophene rings is 1. The first-order chi connectivity index (χ1) is 9.24. The maximum absolute atomic E-state index is 11.0. The number of primary amides is 1. The van der Waals surface area contributed by atoms with Gasteiger partial charge in [0.15, 0.2) is 0 Å². The molecule has 1 unspecified atom stereocenters. The van der Waals surface area contributed by atoms with Crippen molar-refractivity contribution in [1.82, 2.24) is 0 Å². The minimum absolute atomic E-state index is 0.386. The fraction of sp³-hybridized carbons (Fsp3) is 0.267. The van der Waals surface area contributed by atoms with Crippen LogP contribution < -0.4 is 11.1 Å². The van der Waals surface area contributed by atoms with Crippen LogP contribution in [-0.4, -0.2) is 5.91 Å². The van der Waals surface area contributed by atoms with Gasteiger partial charge in [-0.15, -0.1) is 11.3 Å². The zero-order chi connectivity index (χ0) is 13.2. The highest BCUT2D eigenvalue weighted by Crippen LogP contribution is 2.44. The minimum atomic E-state index is -0.386. The molecule has 1 aliphatic rings. The van der Waals surface area contributed by atoms with E-state index < -0.39 is 0 Å². The van der Waals surface area contributed by atoms with E-state index in [1.54, 1.807) is 23.5 Å². The van der Waals surface area contributed by atoms with Crippen molar-refractivity contribution in [2.75, 3.05) is 5.32 Å². The third kappa shape index (κ3) is 2.79. The lowest BCUT2D eigenvalue weighted by molar-refractivity contribution is 0.100. The first-order valence-corrected chi connectivity index (χ1v) is 7.32. The van der Waals surface area contributed by atoms with Crippen LogP contribution in [0.25, 0.3) is 0 Å². The number of anilines is 1. The van der Waals surface area contributed by atoms with E-state index in [0.29, 0.717) is 11.6 Å². The lowest BCUT2D eigenvalue weighted by Crippen LogP contribution is -2.13. The van der Waals surface area contributed by atoms with Gasteiger partial charge in [-0.25, -0.2) is 0 Å². The van der Waals surface area contributed by atoms with Crippen LogP contribution in [0.2, 0.25) is 0 Å². The van der Waals surface area contributed by atoms with E-state index in [9.17, 15) is 4.79 Å². The van der Waals surface area contributed by atoms with Crippen molar-refractivity contribution < 1.29 is 4.79 Å². The number of benzene rings is 1. The molecule has 0 radical (unpaired) electrons. The molecule has 1 aliphatic carbocycles. The van der Waals surface area contributed by atoms with Gasteiger partial charge in [0.05, 0.1) is 6.04 Å². The molecular formula is C15H16N2OS. The van der Waals surface area contributed by atoms with Gasteiger partial charge in [0.2, 0.25) is 5.91 Å². The molecular weight excluding hydrogens is 256 g/mol. The number of nitrogens with two attached hydrogens (primary N) is 1. The van der Waals surface area contributed by atoms with Gasteiger partial charge >= 0.3 is 0 Å². The van der Waals surface area contributed by atoms with Gasteiger partial charge in [0, 0.05) is 16.1 Å². The summed E-state index contributed by atoms with van der Waals surface area (Å²) in [7, 11) is 0. The van der Waals surface area contributed by atoms with E-state index in [-0.39, 0.29) is 5.91 Å². The highest BCUT2D eigenvalue weighted by molar-refractivity contribution is 7.10. The van der Waals surface area contributed by atoms with Crippen molar-refractivity contribution in [3.05, 3.63) is 52.2 Å². The Labute approximate surface area is 116 Å². The summed E-state index contributed by atoms with van der Waals surface area (Å²) >= 11 is 1.79. The molecule has 1 aromatic carbocycles. The van der Waals surface area contributed by atoms with Gasteiger partial charge in [-0.3, -0.25) is 4.79 Å². The van der Waals surface area contributed by atoms with Gasteiger partial charge < -0.3 is 11.1 Å². The SMILES string of the molecule is NC(=O)c1ccc(NC(c2cccs2)C2CC2)cc1. The first-order valence-electron chi connectivity index (χ1n) is 6.44. The van der Waals surface area contributed by atoms with Crippen LogP contribution in [0.15, 0.2) is 41.8 Å². The van der Waals surface area contributed by atoms with Crippen LogP contribution in [0.5, 0.6) is 0 Å². The molecule has 1 aromatic heterocycles. The highest BCUT2D eigenvalue weighted by atomic mass is 32.1. The Morgan fingerprint density at radius 2 is 2.00 bits per heavy atom. The molecule has 3 nitrogen and oxygen atoms in total. The molecule has 4 heteroatoms. The van der Waals surface area contributed by atoms with Gasteiger partial charge in [-0.05, 0) is 54.5 Å². The maximum Gasteiger partial charge on any atom is 0.248 e. The second kappa shape index (κ2) is 5.05. The summed E-state index contributed by atoms with van der Waals surface area (Å²) in [5, 5.41) is 5.68. The molecule has 3 N–H and O–H groups in total. The normalized spacial score (nSPS) is 16.0.